The van der Waals surface area contributed by atoms with Gasteiger partial charge in [0, 0.05) is 12.8 Å². The van der Waals surface area contributed by atoms with Gasteiger partial charge < -0.3 is 18.6 Å². The van der Waals surface area contributed by atoms with Crippen LogP contribution in [0.25, 0.3) is 11.2 Å². The van der Waals surface area contributed by atoms with Gasteiger partial charge in [-0.2, -0.15) is 4.98 Å². The summed E-state index contributed by atoms with van der Waals surface area (Å²) in [5.41, 5.74) is -1.04. The second kappa shape index (κ2) is 12.3. The molecule has 13 heteroatoms. The second-order valence-electron chi connectivity index (χ2n) is 14.3. The number of aromatic amines is 1. The third kappa shape index (κ3) is 6.17. The lowest BCUT2D eigenvalue weighted by atomic mass is 9.84. The first-order valence-electron chi connectivity index (χ1n) is 16.0. The molecule has 1 saturated carbocycles. The van der Waals surface area contributed by atoms with Crippen molar-refractivity contribution in [2.24, 2.45) is 5.92 Å². The standard InChI is InChI=1S/C33H47N5O7Si/c1-10-33(32(16-17-32)45-46(8,9)31(5,6)7)25(42-18-22-14-12-11-13-15-22)24(43-21(4)39)29(44-33)38-19-34-23-26(38)35-30(37-28(23)41)36-27(40)20(2)3/h11-15,19-20,24-25,29H,10,16-18H2,1-9H3,(H2,35,36,37,40,41)/t24-,25?,29+,33-/m0/s1. The molecule has 12 nitrogen and oxygen atoms in total. The monoisotopic (exact) mass is 653 g/mol. The average Bonchev–Trinajstić information content (AvgIpc) is 3.51. The maximum absolute atomic E-state index is 13.1. The number of rotatable bonds is 11. The fourth-order valence-electron chi connectivity index (χ4n) is 6.05. The third-order valence-electron chi connectivity index (χ3n) is 9.67. The Kier molecular flexibility index (Phi) is 9.10. The number of nitrogens with zero attached hydrogens (tertiary/aromatic N) is 3. The number of esters is 1. The first-order valence-corrected chi connectivity index (χ1v) is 18.9. The minimum absolute atomic E-state index is 0.0152. The van der Waals surface area contributed by atoms with E-state index in [0.29, 0.717) is 6.42 Å². The summed E-state index contributed by atoms with van der Waals surface area (Å²) in [6.45, 7) is 18.2. The van der Waals surface area contributed by atoms with Crippen LogP contribution in [0.2, 0.25) is 18.1 Å². The Morgan fingerprint density at radius 2 is 1.87 bits per heavy atom. The van der Waals surface area contributed by atoms with Gasteiger partial charge in [-0.25, -0.2) is 4.98 Å². The summed E-state index contributed by atoms with van der Waals surface area (Å²) in [4.78, 5) is 49.8. The molecule has 46 heavy (non-hydrogen) atoms. The van der Waals surface area contributed by atoms with E-state index in [-0.39, 0.29) is 40.6 Å². The lowest BCUT2D eigenvalue weighted by Gasteiger charge is -2.47. The second-order valence-corrected chi connectivity index (χ2v) is 19.0. The molecule has 0 bridgehead atoms. The molecule has 1 aliphatic heterocycles. The first kappa shape index (κ1) is 34.0. The van der Waals surface area contributed by atoms with Crippen LogP contribution in [0.3, 0.4) is 0 Å². The van der Waals surface area contributed by atoms with E-state index in [9.17, 15) is 14.4 Å². The number of fused-ring (bicyclic) bond motifs is 1. The van der Waals surface area contributed by atoms with Gasteiger partial charge in [0.05, 0.1) is 18.5 Å². The average molecular weight is 654 g/mol. The van der Waals surface area contributed by atoms with Gasteiger partial charge in [-0.3, -0.25) is 29.3 Å². The van der Waals surface area contributed by atoms with Crippen LogP contribution < -0.4 is 10.9 Å². The van der Waals surface area contributed by atoms with Gasteiger partial charge in [-0.15, -0.1) is 0 Å². The highest BCUT2D eigenvalue weighted by Gasteiger charge is 2.73. The number of imidazole rings is 1. The molecule has 5 rings (SSSR count). The minimum atomic E-state index is -2.31. The Morgan fingerprint density at radius 1 is 1.20 bits per heavy atom. The summed E-state index contributed by atoms with van der Waals surface area (Å²) < 4.78 is 28.8. The van der Waals surface area contributed by atoms with Crippen LogP contribution in [0.5, 0.6) is 0 Å². The van der Waals surface area contributed by atoms with Gasteiger partial charge in [-0.05, 0) is 43.0 Å². The zero-order valence-corrected chi connectivity index (χ0v) is 29.3. The molecule has 1 unspecified atom stereocenters. The van der Waals surface area contributed by atoms with E-state index in [1.165, 1.54) is 13.3 Å². The lowest BCUT2D eigenvalue weighted by molar-refractivity contribution is -0.184. The molecular weight excluding hydrogens is 606 g/mol. The van der Waals surface area contributed by atoms with E-state index in [4.69, 9.17) is 18.6 Å². The van der Waals surface area contributed by atoms with Crippen molar-refractivity contribution in [2.45, 2.75) is 122 Å². The van der Waals surface area contributed by atoms with E-state index in [1.807, 2.05) is 37.3 Å². The van der Waals surface area contributed by atoms with Crippen LogP contribution in [0.4, 0.5) is 5.95 Å². The fraction of sp³-hybridized carbons (Fsp3) is 0.606. The van der Waals surface area contributed by atoms with Crippen LogP contribution in [0.1, 0.15) is 79.5 Å². The van der Waals surface area contributed by atoms with E-state index < -0.39 is 49.5 Å². The van der Waals surface area contributed by atoms with Crippen molar-refractivity contribution in [2.75, 3.05) is 5.32 Å². The van der Waals surface area contributed by atoms with Crippen LogP contribution in [-0.2, 0) is 34.8 Å². The van der Waals surface area contributed by atoms with E-state index in [1.54, 1.807) is 18.4 Å². The molecule has 3 aromatic rings. The quantitative estimate of drug-likeness (QED) is 0.203. The molecule has 0 radical (unpaired) electrons. The Hall–Kier alpha value is -3.39. The SMILES string of the molecule is CC[C@]1(C2(O[Si](C)(C)C(C)(C)C)CC2)O[C@@H](n2cnc3c(=O)[nH]c(NC(=O)C(C)C)nc32)[C@@H](OC(C)=O)C1OCc1ccccc1. The molecular formula is C33H47N5O7Si. The number of hydrogen-bond donors (Lipinski definition) is 2. The number of carbonyl (C=O) groups is 2. The normalized spacial score (nSPS) is 24.3. The smallest absolute Gasteiger partial charge is 0.303 e. The molecule has 1 amide bonds. The molecule has 2 aliphatic rings. The summed E-state index contributed by atoms with van der Waals surface area (Å²) in [6.07, 6.45) is 0.838. The zero-order chi connectivity index (χ0) is 33.7. The molecule has 250 valence electrons. The lowest BCUT2D eigenvalue weighted by Crippen LogP contribution is -2.60. The molecule has 1 saturated heterocycles. The number of carbonyl (C=O) groups excluding carboxylic acids is 2. The number of aromatic nitrogens is 4. The minimum Gasteiger partial charge on any atom is -0.455 e. The maximum Gasteiger partial charge on any atom is 0.303 e. The molecule has 4 atom stereocenters. The van der Waals surface area contributed by atoms with Gasteiger partial charge >= 0.3 is 5.97 Å². The Balaban J connectivity index is 1.65. The van der Waals surface area contributed by atoms with Gasteiger partial charge in [0.1, 0.15) is 11.7 Å². The number of H-pyrrole nitrogens is 1. The number of amides is 1. The Bertz CT molecular complexity index is 1640. The topological polar surface area (TPSA) is 147 Å². The van der Waals surface area contributed by atoms with Gasteiger partial charge in [0.2, 0.25) is 11.9 Å². The molecule has 3 heterocycles. The highest BCUT2D eigenvalue weighted by Crippen LogP contribution is 2.62. The van der Waals surface area contributed by atoms with Gasteiger partial charge in [-0.1, -0.05) is 71.9 Å². The molecule has 0 spiro atoms. The summed E-state index contributed by atoms with van der Waals surface area (Å²) >= 11 is 0. The number of hydrogen-bond acceptors (Lipinski definition) is 9. The third-order valence-corrected chi connectivity index (χ3v) is 14.2. The van der Waals surface area contributed by atoms with Crippen molar-refractivity contribution >= 4 is 37.3 Å². The van der Waals surface area contributed by atoms with Crippen molar-refractivity contribution in [1.82, 2.24) is 19.5 Å². The van der Waals surface area contributed by atoms with Gasteiger partial charge in [0.25, 0.3) is 5.56 Å². The van der Waals surface area contributed by atoms with Crippen molar-refractivity contribution in [3.8, 4) is 0 Å². The van der Waals surface area contributed by atoms with Crippen molar-refractivity contribution in [3.05, 3.63) is 52.6 Å². The molecule has 1 aromatic carbocycles. The number of anilines is 1. The summed E-state index contributed by atoms with van der Waals surface area (Å²) in [5, 5.41) is 2.60. The predicted octanol–water partition coefficient (Wildman–Crippen LogP) is 5.46. The van der Waals surface area contributed by atoms with Crippen LogP contribution in [-0.4, -0.2) is 63.1 Å². The van der Waals surface area contributed by atoms with Gasteiger partial charge in [0.15, 0.2) is 31.8 Å². The van der Waals surface area contributed by atoms with Crippen molar-refractivity contribution < 1.29 is 28.2 Å². The van der Waals surface area contributed by atoms with Crippen LogP contribution in [0, 0.1) is 5.92 Å². The number of nitrogens with one attached hydrogen (secondary N) is 2. The van der Waals surface area contributed by atoms with E-state index in [2.05, 4.69) is 54.1 Å². The van der Waals surface area contributed by atoms with Crippen molar-refractivity contribution in [1.29, 1.82) is 0 Å². The summed E-state index contributed by atoms with van der Waals surface area (Å²) in [5.74, 6) is -1.16. The molecule has 2 aromatic heterocycles. The Labute approximate surface area is 270 Å². The fourth-order valence-corrected chi connectivity index (χ4v) is 7.71. The highest BCUT2D eigenvalue weighted by atomic mass is 28.4. The first-order chi connectivity index (χ1) is 21.5. The predicted molar refractivity (Wildman–Crippen MR) is 176 cm³/mol. The van der Waals surface area contributed by atoms with E-state index >= 15 is 0 Å². The molecule has 2 fully saturated rings. The highest BCUT2D eigenvalue weighted by molar-refractivity contribution is 6.74. The molecule has 1 aliphatic carbocycles. The van der Waals surface area contributed by atoms with Crippen LogP contribution in [0.15, 0.2) is 41.5 Å². The zero-order valence-electron chi connectivity index (χ0n) is 28.3. The number of ether oxygens (including phenoxy) is 3. The molecule has 2 N–H and O–H groups in total. The summed E-state index contributed by atoms with van der Waals surface area (Å²) in [6, 6.07) is 9.80. The largest absolute Gasteiger partial charge is 0.455 e. The Morgan fingerprint density at radius 3 is 2.43 bits per heavy atom. The van der Waals surface area contributed by atoms with Crippen molar-refractivity contribution in [3.63, 3.8) is 0 Å². The van der Waals surface area contributed by atoms with Crippen LogP contribution >= 0.6 is 0 Å². The van der Waals surface area contributed by atoms with E-state index in [0.717, 1.165) is 18.4 Å². The maximum atomic E-state index is 13.1. The number of benzene rings is 1. The summed E-state index contributed by atoms with van der Waals surface area (Å²) in [7, 11) is -2.31.